The zero-order valence-corrected chi connectivity index (χ0v) is 16.7. The molecule has 4 aromatic rings. The van der Waals surface area contributed by atoms with Gasteiger partial charge in [0.1, 0.15) is 10.4 Å². The lowest BCUT2D eigenvalue weighted by atomic mass is 10.1. The number of nitrogens with zero attached hydrogens (tertiary/aromatic N) is 1. The number of phenols is 1. The number of nitrogens with one attached hydrogen (secondary N) is 2. The first-order chi connectivity index (χ1) is 14.3. The number of pyridine rings is 1. The van der Waals surface area contributed by atoms with Crippen LogP contribution in [-0.4, -0.2) is 31.8 Å². The van der Waals surface area contributed by atoms with Crippen LogP contribution in [0.2, 0.25) is 0 Å². The minimum absolute atomic E-state index is 0.0618. The van der Waals surface area contributed by atoms with Crippen molar-refractivity contribution in [2.75, 3.05) is 10.9 Å². The number of fused-ring (bicyclic) bond motifs is 2. The van der Waals surface area contributed by atoms with Crippen LogP contribution in [0, 0.1) is 0 Å². The number of phenolic OH excluding ortho intramolecular Hbond substituents is 1. The van der Waals surface area contributed by atoms with Crippen molar-refractivity contribution in [3.8, 4) is 5.75 Å². The van der Waals surface area contributed by atoms with E-state index in [4.69, 9.17) is 0 Å². The average Bonchev–Trinajstić information content (AvgIpc) is 2.72. The Morgan fingerprint density at radius 1 is 0.900 bits per heavy atom. The smallest absolute Gasteiger partial charge is 0.295 e. The summed E-state index contributed by atoms with van der Waals surface area (Å²) in [5.41, 5.74) is 6.32. The molecule has 0 saturated carbocycles. The van der Waals surface area contributed by atoms with E-state index >= 15 is 0 Å². The molecule has 1 unspecified atom stereocenters. The van der Waals surface area contributed by atoms with Crippen LogP contribution in [0.5, 0.6) is 5.75 Å². The standard InChI is InChI=1S/C19H15N3O6S2/c23-19-15(10-16(29(24)25)13-6-3-9-20-18(13)19)22-21-14-7-8-17(30(26,27)28)12-5-2-1-4-11(12)14/h1-10,21-23H,(H,24,25)(H,26,27,28). The number of benzene rings is 3. The van der Waals surface area contributed by atoms with E-state index < -0.39 is 21.2 Å². The molecule has 0 radical (unpaired) electrons. The van der Waals surface area contributed by atoms with Gasteiger partial charge in [0.05, 0.1) is 16.3 Å². The Morgan fingerprint density at radius 3 is 2.27 bits per heavy atom. The molecule has 0 aliphatic heterocycles. The van der Waals surface area contributed by atoms with Crippen molar-refractivity contribution in [3.05, 3.63) is 60.8 Å². The Labute approximate surface area is 173 Å². The van der Waals surface area contributed by atoms with Gasteiger partial charge in [-0.2, -0.15) is 8.42 Å². The highest BCUT2D eigenvalue weighted by molar-refractivity contribution is 7.86. The fraction of sp³-hybridized carbons (Fsp3) is 0. The monoisotopic (exact) mass is 445 g/mol. The van der Waals surface area contributed by atoms with Gasteiger partial charge in [0.15, 0.2) is 16.8 Å². The van der Waals surface area contributed by atoms with E-state index in [1.165, 1.54) is 24.4 Å². The Balaban J connectivity index is 1.78. The van der Waals surface area contributed by atoms with Gasteiger partial charge < -0.3 is 15.1 Å². The number of hydrogen-bond donors (Lipinski definition) is 5. The average molecular weight is 445 g/mol. The van der Waals surface area contributed by atoms with Crippen molar-refractivity contribution in [3.63, 3.8) is 0 Å². The number of aromatic nitrogens is 1. The third-order valence-corrected chi connectivity index (χ3v) is 6.14. The van der Waals surface area contributed by atoms with Gasteiger partial charge in [0, 0.05) is 22.4 Å². The Morgan fingerprint density at radius 2 is 1.57 bits per heavy atom. The number of aromatic hydroxyl groups is 1. The van der Waals surface area contributed by atoms with Crippen LogP contribution in [0.15, 0.2) is 70.6 Å². The number of hydrogen-bond acceptors (Lipinski definition) is 7. The highest BCUT2D eigenvalue weighted by Crippen LogP contribution is 2.36. The molecule has 0 amide bonds. The summed E-state index contributed by atoms with van der Waals surface area (Å²) in [5, 5.41) is 11.7. The van der Waals surface area contributed by atoms with Crippen LogP contribution < -0.4 is 10.9 Å². The van der Waals surface area contributed by atoms with E-state index in [0.717, 1.165) is 0 Å². The summed E-state index contributed by atoms with van der Waals surface area (Å²) in [4.78, 5) is 3.90. The number of rotatable bonds is 5. The van der Waals surface area contributed by atoms with Gasteiger partial charge in [-0.15, -0.1) is 0 Å². The quantitative estimate of drug-likeness (QED) is 0.135. The number of anilines is 2. The molecule has 0 saturated heterocycles. The van der Waals surface area contributed by atoms with E-state index in [1.54, 1.807) is 36.4 Å². The van der Waals surface area contributed by atoms with E-state index in [-0.39, 0.29) is 26.7 Å². The van der Waals surface area contributed by atoms with Crippen molar-refractivity contribution in [1.82, 2.24) is 4.98 Å². The van der Waals surface area contributed by atoms with Crippen molar-refractivity contribution >= 4 is 54.2 Å². The summed E-state index contributed by atoms with van der Waals surface area (Å²) in [6.07, 6.45) is 1.45. The molecule has 0 aliphatic rings. The lowest BCUT2D eigenvalue weighted by Gasteiger charge is -2.16. The summed E-state index contributed by atoms with van der Waals surface area (Å²) < 4.78 is 54.1. The molecular weight excluding hydrogens is 430 g/mol. The minimum atomic E-state index is -4.42. The molecule has 0 spiro atoms. The fourth-order valence-corrected chi connectivity index (χ4v) is 4.44. The first-order valence-corrected chi connectivity index (χ1v) is 11.0. The van der Waals surface area contributed by atoms with Gasteiger partial charge >= 0.3 is 0 Å². The third kappa shape index (κ3) is 3.55. The Kier molecular flexibility index (Phi) is 5.03. The van der Waals surface area contributed by atoms with Gasteiger partial charge in [0.25, 0.3) is 10.1 Å². The van der Waals surface area contributed by atoms with Crippen LogP contribution >= 0.6 is 0 Å². The van der Waals surface area contributed by atoms with Gasteiger partial charge in [-0.3, -0.25) is 15.0 Å². The molecule has 1 aromatic heterocycles. The van der Waals surface area contributed by atoms with Crippen LogP contribution in [0.3, 0.4) is 0 Å². The molecule has 9 nitrogen and oxygen atoms in total. The second-order valence-corrected chi connectivity index (χ2v) is 8.63. The molecule has 3 aromatic carbocycles. The van der Waals surface area contributed by atoms with Crippen molar-refractivity contribution < 1.29 is 26.8 Å². The van der Waals surface area contributed by atoms with E-state index in [9.17, 15) is 26.8 Å². The Bertz CT molecular complexity index is 1420. The van der Waals surface area contributed by atoms with E-state index in [0.29, 0.717) is 21.8 Å². The maximum absolute atomic E-state index is 11.7. The summed E-state index contributed by atoms with van der Waals surface area (Å²) >= 11 is -2.32. The molecule has 154 valence electrons. The van der Waals surface area contributed by atoms with Gasteiger partial charge in [0.2, 0.25) is 0 Å². The SMILES string of the molecule is O=S(O)c1cc(NNc2ccc(S(=O)(=O)O)c3ccccc23)c(O)c2ncccc12. The van der Waals surface area contributed by atoms with Crippen LogP contribution in [0.1, 0.15) is 0 Å². The molecule has 0 aliphatic carbocycles. The molecule has 4 rings (SSSR count). The highest BCUT2D eigenvalue weighted by atomic mass is 32.2. The normalized spacial score (nSPS) is 12.7. The predicted octanol–water partition coefficient (Wildman–Crippen LogP) is 3.36. The molecule has 1 atom stereocenters. The predicted molar refractivity (Wildman–Crippen MR) is 113 cm³/mol. The molecule has 5 N–H and O–H groups in total. The summed E-state index contributed by atoms with van der Waals surface area (Å²) in [6.45, 7) is 0. The zero-order chi connectivity index (χ0) is 21.5. The Hall–Kier alpha value is -3.25. The molecule has 30 heavy (non-hydrogen) atoms. The van der Waals surface area contributed by atoms with Crippen molar-refractivity contribution in [2.24, 2.45) is 0 Å². The molecular formula is C19H15N3O6S2. The van der Waals surface area contributed by atoms with Crippen LogP contribution in [0.25, 0.3) is 21.7 Å². The summed E-state index contributed by atoms with van der Waals surface area (Å²) in [5.74, 6) is -0.230. The lowest BCUT2D eigenvalue weighted by Crippen LogP contribution is -2.11. The number of hydrazine groups is 1. The molecule has 0 fully saturated rings. The summed E-state index contributed by atoms with van der Waals surface area (Å²) in [6, 6.07) is 13.7. The first-order valence-electron chi connectivity index (χ1n) is 8.50. The summed E-state index contributed by atoms with van der Waals surface area (Å²) in [7, 11) is -4.42. The first kappa shape index (κ1) is 20.0. The van der Waals surface area contributed by atoms with Crippen molar-refractivity contribution in [2.45, 2.75) is 9.79 Å². The fourth-order valence-electron chi connectivity index (χ4n) is 3.18. The third-order valence-electron chi connectivity index (χ3n) is 4.51. The van der Waals surface area contributed by atoms with Crippen molar-refractivity contribution in [1.29, 1.82) is 0 Å². The van der Waals surface area contributed by atoms with Crippen LogP contribution in [0.4, 0.5) is 11.4 Å². The van der Waals surface area contributed by atoms with Crippen LogP contribution in [-0.2, 0) is 21.2 Å². The topological polar surface area (TPSA) is 149 Å². The second kappa shape index (κ2) is 7.54. The van der Waals surface area contributed by atoms with Gasteiger partial charge in [-0.05, 0) is 30.3 Å². The zero-order valence-electron chi connectivity index (χ0n) is 15.1. The minimum Gasteiger partial charge on any atom is -0.504 e. The lowest BCUT2D eigenvalue weighted by molar-refractivity contribution is 0.481. The molecule has 0 bridgehead atoms. The van der Waals surface area contributed by atoms with E-state index in [2.05, 4.69) is 15.8 Å². The maximum atomic E-state index is 11.7. The molecule has 1 heterocycles. The second-order valence-electron chi connectivity index (χ2n) is 6.30. The highest BCUT2D eigenvalue weighted by Gasteiger charge is 2.17. The molecule has 11 heteroatoms. The largest absolute Gasteiger partial charge is 0.504 e. The van der Waals surface area contributed by atoms with Gasteiger partial charge in [-0.1, -0.05) is 24.3 Å². The maximum Gasteiger partial charge on any atom is 0.295 e. The van der Waals surface area contributed by atoms with E-state index in [1.807, 2.05) is 0 Å². The van der Waals surface area contributed by atoms with Gasteiger partial charge in [-0.25, -0.2) is 4.21 Å².